The van der Waals surface area contributed by atoms with Crippen LogP contribution in [-0.2, 0) is 17.9 Å². The molecule has 1 amide bonds. The van der Waals surface area contributed by atoms with Gasteiger partial charge >= 0.3 is 0 Å². The number of nitrogens with zero attached hydrogens (tertiary/aromatic N) is 2. The summed E-state index contributed by atoms with van der Waals surface area (Å²) in [6.45, 7) is 2.39. The van der Waals surface area contributed by atoms with E-state index in [-0.39, 0.29) is 5.91 Å². The summed E-state index contributed by atoms with van der Waals surface area (Å²) in [6.07, 6.45) is 3.49. The predicted octanol–water partition coefficient (Wildman–Crippen LogP) is 1.61. The molecule has 0 unspecified atom stereocenters. The van der Waals surface area contributed by atoms with Gasteiger partial charge in [-0.05, 0) is 30.8 Å². The molecule has 26 heavy (non-hydrogen) atoms. The minimum atomic E-state index is -0.0569. The molecule has 1 N–H and O–H groups in total. The van der Waals surface area contributed by atoms with Gasteiger partial charge in [0.15, 0.2) is 11.5 Å². The van der Waals surface area contributed by atoms with E-state index in [9.17, 15) is 4.79 Å². The molecule has 1 aliphatic heterocycles. The van der Waals surface area contributed by atoms with Crippen molar-refractivity contribution in [3.8, 4) is 17.2 Å². The third kappa shape index (κ3) is 4.64. The van der Waals surface area contributed by atoms with E-state index in [4.69, 9.17) is 14.2 Å². The van der Waals surface area contributed by atoms with Crippen LogP contribution >= 0.6 is 0 Å². The molecule has 0 saturated carbocycles. The number of rotatable bonds is 7. The number of methoxy groups -OCH3 is 1. The number of carbonyl (C=O) groups is 1. The van der Waals surface area contributed by atoms with Gasteiger partial charge in [-0.3, -0.25) is 14.7 Å². The molecule has 0 atom stereocenters. The van der Waals surface area contributed by atoms with Crippen LogP contribution in [0.1, 0.15) is 11.1 Å². The molecular weight excluding hydrogens is 334 g/mol. The molecule has 0 spiro atoms. The maximum absolute atomic E-state index is 12.2. The molecule has 0 aliphatic carbocycles. The van der Waals surface area contributed by atoms with Gasteiger partial charge < -0.3 is 19.5 Å². The number of ether oxygens (including phenoxy) is 3. The number of benzene rings is 1. The summed E-state index contributed by atoms with van der Waals surface area (Å²) >= 11 is 0. The minimum absolute atomic E-state index is 0.0569. The molecule has 3 rings (SSSR count). The first-order valence-electron chi connectivity index (χ1n) is 8.46. The first kappa shape index (κ1) is 18.0. The highest BCUT2D eigenvalue weighted by Crippen LogP contribution is 2.36. The minimum Gasteiger partial charge on any atom is -0.496 e. The van der Waals surface area contributed by atoms with Crippen molar-refractivity contribution in [2.75, 3.05) is 33.9 Å². The molecule has 7 heteroatoms. The molecular formula is C19H23N3O4. The lowest BCUT2D eigenvalue weighted by Gasteiger charge is -2.21. The van der Waals surface area contributed by atoms with Crippen LogP contribution in [0.5, 0.6) is 17.2 Å². The van der Waals surface area contributed by atoms with Crippen LogP contribution < -0.4 is 19.5 Å². The van der Waals surface area contributed by atoms with Crippen LogP contribution in [0, 0.1) is 0 Å². The summed E-state index contributed by atoms with van der Waals surface area (Å²) in [6, 6.07) is 7.53. The third-order valence-corrected chi connectivity index (χ3v) is 4.04. The van der Waals surface area contributed by atoms with E-state index < -0.39 is 0 Å². The number of pyridine rings is 1. The molecule has 0 bridgehead atoms. The van der Waals surface area contributed by atoms with Gasteiger partial charge in [0, 0.05) is 37.1 Å². The van der Waals surface area contributed by atoms with E-state index >= 15 is 0 Å². The van der Waals surface area contributed by atoms with Crippen molar-refractivity contribution in [2.24, 2.45) is 0 Å². The zero-order valence-corrected chi connectivity index (χ0v) is 15.0. The van der Waals surface area contributed by atoms with Crippen LogP contribution in [0.2, 0.25) is 0 Å². The molecule has 1 aromatic carbocycles. The van der Waals surface area contributed by atoms with Crippen molar-refractivity contribution in [1.29, 1.82) is 0 Å². The first-order chi connectivity index (χ1) is 12.7. The van der Waals surface area contributed by atoms with Gasteiger partial charge in [-0.1, -0.05) is 0 Å². The summed E-state index contributed by atoms with van der Waals surface area (Å²) in [5.74, 6) is 1.95. The lowest BCUT2D eigenvalue weighted by Crippen LogP contribution is -2.34. The van der Waals surface area contributed by atoms with Crippen LogP contribution in [0.25, 0.3) is 0 Å². The zero-order chi connectivity index (χ0) is 18.4. The van der Waals surface area contributed by atoms with E-state index in [0.29, 0.717) is 50.1 Å². The lowest BCUT2D eigenvalue weighted by atomic mass is 10.1. The van der Waals surface area contributed by atoms with Gasteiger partial charge in [0.25, 0.3) is 0 Å². The average Bonchev–Trinajstić information content (AvgIpc) is 2.66. The largest absolute Gasteiger partial charge is 0.496 e. The van der Waals surface area contributed by atoms with Crippen molar-refractivity contribution in [3.05, 3.63) is 47.8 Å². The summed E-state index contributed by atoms with van der Waals surface area (Å²) in [5, 5.41) is 2.93. The van der Waals surface area contributed by atoms with Crippen molar-refractivity contribution < 1.29 is 19.0 Å². The van der Waals surface area contributed by atoms with E-state index in [1.54, 1.807) is 25.6 Å². The topological polar surface area (TPSA) is 72.9 Å². The van der Waals surface area contributed by atoms with Crippen molar-refractivity contribution in [3.63, 3.8) is 0 Å². The van der Waals surface area contributed by atoms with Crippen LogP contribution in [0.4, 0.5) is 0 Å². The highest BCUT2D eigenvalue weighted by atomic mass is 16.6. The first-order valence-corrected chi connectivity index (χ1v) is 8.46. The molecule has 2 aromatic rings. The molecule has 1 aromatic heterocycles. The second-order valence-electron chi connectivity index (χ2n) is 6.11. The van der Waals surface area contributed by atoms with Gasteiger partial charge in [0.1, 0.15) is 19.0 Å². The smallest absolute Gasteiger partial charge is 0.234 e. The maximum Gasteiger partial charge on any atom is 0.234 e. The predicted molar refractivity (Wildman–Crippen MR) is 96.4 cm³/mol. The summed E-state index contributed by atoms with van der Waals surface area (Å²) in [7, 11) is 3.50. The van der Waals surface area contributed by atoms with E-state index in [1.165, 1.54) is 0 Å². The Morgan fingerprint density at radius 2 is 1.92 bits per heavy atom. The second-order valence-corrected chi connectivity index (χ2v) is 6.11. The van der Waals surface area contributed by atoms with E-state index in [2.05, 4.69) is 10.3 Å². The summed E-state index contributed by atoms with van der Waals surface area (Å²) in [5.41, 5.74) is 1.96. The van der Waals surface area contributed by atoms with Crippen LogP contribution in [-0.4, -0.2) is 49.7 Å². The lowest BCUT2D eigenvalue weighted by molar-refractivity contribution is -0.122. The second kappa shape index (κ2) is 8.53. The Balaban J connectivity index is 1.55. The number of fused-ring (bicyclic) bond motifs is 1. The van der Waals surface area contributed by atoms with Gasteiger partial charge in [-0.25, -0.2) is 0 Å². The average molecular weight is 357 g/mol. The molecule has 2 heterocycles. The number of carbonyl (C=O) groups excluding carboxylic acids is 1. The summed E-state index contributed by atoms with van der Waals surface area (Å²) in [4.78, 5) is 18.2. The van der Waals surface area contributed by atoms with Crippen molar-refractivity contribution in [2.45, 2.75) is 13.1 Å². The molecule has 138 valence electrons. The zero-order valence-electron chi connectivity index (χ0n) is 15.0. The number of amides is 1. The molecule has 0 radical (unpaired) electrons. The third-order valence-electron chi connectivity index (χ3n) is 4.04. The number of aromatic nitrogens is 1. The fourth-order valence-electron chi connectivity index (χ4n) is 2.79. The molecule has 0 fully saturated rings. The van der Waals surface area contributed by atoms with Gasteiger partial charge in [0.05, 0.1) is 13.7 Å². The number of hydrogen-bond donors (Lipinski definition) is 1. The van der Waals surface area contributed by atoms with Crippen molar-refractivity contribution >= 4 is 5.91 Å². The highest BCUT2D eigenvalue weighted by molar-refractivity contribution is 5.78. The van der Waals surface area contributed by atoms with E-state index in [0.717, 1.165) is 11.1 Å². The maximum atomic E-state index is 12.2. The molecule has 0 saturated heterocycles. The highest BCUT2D eigenvalue weighted by Gasteiger charge is 2.17. The van der Waals surface area contributed by atoms with E-state index in [1.807, 2.05) is 30.1 Å². The van der Waals surface area contributed by atoms with Gasteiger partial charge in [-0.2, -0.15) is 0 Å². The van der Waals surface area contributed by atoms with Crippen LogP contribution in [0.3, 0.4) is 0 Å². The Morgan fingerprint density at radius 3 is 2.62 bits per heavy atom. The molecule has 1 aliphatic rings. The van der Waals surface area contributed by atoms with Gasteiger partial charge in [-0.15, -0.1) is 0 Å². The SMILES string of the molecule is COc1cc2c(cc1CNC(=O)CN(C)Cc1ccncc1)OCCO2. The number of likely N-dealkylation sites (N-methyl/N-ethyl adjacent to an activating group) is 1. The normalized spacial score (nSPS) is 12.7. The Bertz CT molecular complexity index is 752. The number of hydrogen-bond acceptors (Lipinski definition) is 6. The Kier molecular flexibility index (Phi) is 5.91. The standard InChI is InChI=1S/C19H23N3O4/c1-22(12-14-3-5-20-6-4-14)13-19(23)21-11-15-9-17-18(10-16(15)24-2)26-8-7-25-17/h3-6,9-10H,7-8,11-13H2,1-2H3,(H,21,23). The summed E-state index contributed by atoms with van der Waals surface area (Å²) < 4.78 is 16.5. The van der Waals surface area contributed by atoms with Crippen LogP contribution in [0.15, 0.2) is 36.7 Å². The van der Waals surface area contributed by atoms with Gasteiger partial charge in [0.2, 0.25) is 5.91 Å². The molecule has 7 nitrogen and oxygen atoms in total. The quantitative estimate of drug-likeness (QED) is 0.812. The Labute approximate surface area is 152 Å². The monoisotopic (exact) mass is 357 g/mol. The fraction of sp³-hybridized carbons (Fsp3) is 0.368. The Morgan fingerprint density at radius 1 is 1.23 bits per heavy atom. The fourth-order valence-corrected chi connectivity index (χ4v) is 2.79. The Hall–Kier alpha value is -2.80. The van der Waals surface area contributed by atoms with Crippen molar-refractivity contribution in [1.82, 2.24) is 15.2 Å². The number of nitrogens with one attached hydrogen (secondary N) is 1.